The van der Waals surface area contributed by atoms with Crippen LogP contribution >= 0.6 is 0 Å². The van der Waals surface area contributed by atoms with Crippen LogP contribution in [0.5, 0.6) is 11.6 Å². The Bertz CT molecular complexity index is 599. The number of benzene rings is 1. The molecule has 0 saturated heterocycles. The summed E-state index contributed by atoms with van der Waals surface area (Å²) in [5.41, 5.74) is 6.68. The number of nitrogen functional groups attached to an aromatic ring is 1. The second kappa shape index (κ2) is 4.83. The van der Waals surface area contributed by atoms with E-state index in [-0.39, 0.29) is 17.5 Å². The molecule has 0 unspecified atom stereocenters. The lowest BCUT2D eigenvalue weighted by Crippen LogP contribution is -2.11. The molecule has 0 saturated carbocycles. The normalized spacial score (nSPS) is 10.1. The summed E-state index contributed by atoms with van der Waals surface area (Å²) in [5.74, 6) is 0.219. The fourth-order valence-electron chi connectivity index (χ4n) is 1.43. The summed E-state index contributed by atoms with van der Waals surface area (Å²) >= 11 is 0. The molecule has 1 aromatic carbocycles. The predicted molar refractivity (Wildman–Crippen MR) is 66.5 cm³/mol. The fraction of sp³-hybridized carbons (Fsp3) is 0.0769. The minimum absolute atomic E-state index is 0.0711. The zero-order valence-corrected chi connectivity index (χ0v) is 9.77. The van der Waals surface area contributed by atoms with Crippen LogP contribution in [0.1, 0.15) is 11.1 Å². The number of rotatable bonds is 3. The monoisotopic (exact) mass is 245 g/mol. The zero-order chi connectivity index (χ0) is 13.1. The Morgan fingerprint density at radius 2 is 2.11 bits per heavy atom. The third-order valence-electron chi connectivity index (χ3n) is 2.41. The number of hydrogen-bond acceptors (Lipinski definition) is 3. The molecule has 2 rings (SSSR count). The van der Waals surface area contributed by atoms with Gasteiger partial charge in [-0.1, -0.05) is 6.07 Å². The second-order valence-corrected chi connectivity index (χ2v) is 3.81. The average molecular weight is 245 g/mol. The number of nitrogens with zero attached hydrogens (tertiary/aromatic N) is 1. The topological polar surface area (TPSA) is 72.0 Å². The first kappa shape index (κ1) is 12.0. The summed E-state index contributed by atoms with van der Waals surface area (Å²) in [7, 11) is 0. The van der Waals surface area contributed by atoms with E-state index in [4.69, 9.17) is 15.9 Å². The van der Waals surface area contributed by atoms with Gasteiger partial charge in [0.25, 0.3) is 0 Å². The van der Waals surface area contributed by atoms with E-state index in [1.807, 2.05) is 6.92 Å². The Kier molecular flexibility index (Phi) is 3.23. The van der Waals surface area contributed by atoms with E-state index >= 15 is 0 Å². The zero-order valence-electron chi connectivity index (χ0n) is 9.77. The highest BCUT2D eigenvalue weighted by Crippen LogP contribution is 2.24. The van der Waals surface area contributed by atoms with Crippen LogP contribution in [0, 0.1) is 18.2 Å². The number of aryl methyl sites for hydroxylation is 1. The average Bonchev–Trinajstić information content (AvgIpc) is 2.34. The molecule has 0 atom stereocenters. The molecule has 92 valence electrons. The summed E-state index contributed by atoms with van der Waals surface area (Å²) in [5, 5.41) is 7.32. The Labute approximate surface area is 104 Å². The number of nitrogens with two attached hydrogens (primary N) is 1. The van der Waals surface area contributed by atoms with Crippen molar-refractivity contribution in [3.8, 4) is 11.6 Å². The van der Waals surface area contributed by atoms with Crippen molar-refractivity contribution < 1.29 is 9.13 Å². The van der Waals surface area contributed by atoms with Crippen molar-refractivity contribution in [1.82, 2.24) is 4.98 Å². The number of ether oxygens (including phenoxy) is 1. The molecule has 4 nitrogen and oxygen atoms in total. The number of hydrogen-bond donors (Lipinski definition) is 2. The summed E-state index contributed by atoms with van der Waals surface area (Å²) in [4.78, 5) is 3.99. The van der Waals surface area contributed by atoms with Crippen LogP contribution in [-0.4, -0.2) is 10.8 Å². The fourth-order valence-corrected chi connectivity index (χ4v) is 1.43. The van der Waals surface area contributed by atoms with Gasteiger partial charge in [0.05, 0.1) is 0 Å². The standard InChI is InChI=1S/C13H12FN3O/c1-8-2-3-10(14)7-11(8)18-12-6-9(13(15)16)4-5-17-12/h2-7H,1H3,(H3,15,16). The van der Waals surface area contributed by atoms with E-state index in [9.17, 15) is 4.39 Å². The maximum absolute atomic E-state index is 13.1. The third kappa shape index (κ3) is 2.63. The van der Waals surface area contributed by atoms with Crippen molar-refractivity contribution in [2.45, 2.75) is 6.92 Å². The molecule has 0 aliphatic heterocycles. The number of nitrogens with one attached hydrogen (secondary N) is 1. The molecule has 18 heavy (non-hydrogen) atoms. The van der Waals surface area contributed by atoms with Crippen molar-refractivity contribution >= 4 is 5.84 Å². The molecule has 0 aliphatic carbocycles. The van der Waals surface area contributed by atoms with E-state index in [1.54, 1.807) is 12.1 Å². The molecule has 5 heteroatoms. The molecule has 1 aromatic heterocycles. The molecular formula is C13H12FN3O. The molecule has 0 spiro atoms. The summed E-state index contributed by atoms with van der Waals surface area (Å²) in [6.45, 7) is 1.81. The van der Waals surface area contributed by atoms with Crippen LogP contribution in [0.2, 0.25) is 0 Å². The van der Waals surface area contributed by atoms with Crippen LogP contribution in [0.3, 0.4) is 0 Å². The molecule has 2 aromatic rings. The largest absolute Gasteiger partial charge is 0.439 e. The van der Waals surface area contributed by atoms with Gasteiger partial charge in [-0.3, -0.25) is 5.41 Å². The van der Waals surface area contributed by atoms with E-state index in [0.29, 0.717) is 11.3 Å². The summed E-state index contributed by atoms with van der Waals surface area (Å²) < 4.78 is 18.6. The quantitative estimate of drug-likeness (QED) is 0.645. The second-order valence-electron chi connectivity index (χ2n) is 3.81. The first-order valence-electron chi connectivity index (χ1n) is 5.31. The van der Waals surface area contributed by atoms with E-state index in [0.717, 1.165) is 5.56 Å². The van der Waals surface area contributed by atoms with Crippen LogP contribution < -0.4 is 10.5 Å². The Balaban J connectivity index is 2.31. The first-order chi connectivity index (χ1) is 8.56. The van der Waals surface area contributed by atoms with E-state index in [2.05, 4.69) is 4.98 Å². The molecule has 0 radical (unpaired) electrons. The minimum atomic E-state index is -0.377. The molecule has 0 aliphatic rings. The van der Waals surface area contributed by atoms with Crippen LogP contribution in [0.4, 0.5) is 4.39 Å². The molecular weight excluding hydrogens is 233 g/mol. The predicted octanol–water partition coefficient (Wildman–Crippen LogP) is 2.61. The van der Waals surface area contributed by atoms with Crippen molar-refractivity contribution in [3.63, 3.8) is 0 Å². The number of halogens is 1. The van der Waals surface area contributed by atoms with Gasteiger partial charge >= 0.3 is 0 Å². The van der Waals surface area contributed by atoms with E-state index < -0.39 is 0 Å². The highest BCUT2D eigenvalue weighted by atomic mass is 19.1. The van der Waals surface area contributed by atoms with Crippen molar-refractivity contribution in [2.75, 3.05) is 0 Å². The number of aromatic nitrogens is 1. The maximum Gasteiger partial charge on any atom is 0.219 e. The van der Waals surface area contributed by atoms with Crippen molar-refractivity contribution in [1.29, 1.82) is 5.41 Å². The lowest BCUT2D eigenvalue weighted by atomic mass is 10.2. The number of pyridine rings is 1. The SMILES string of the molecule is Cc1ccc(F)cc1Oc1cc(C(=N)N)ccn1. The van der Waals surface area contributed by atoms with Gasteiger partial charge < -0.3 is 10.5 Å². The highest BCUT2D eigenvalue weighted by molar-refractivity contribution is 5.95. The molecule has 0 bridgehead atoms. The Hall–Kier alpha value is -2.43. The van der Waals surface area contributed by atoms with Gasteiger partial charge in [-0.05, 0) is 24.6 Å². The number of amidine groups is 1. The summed E-state index contributed by atoms with van der Waals surface area (Å²) in [6.07, 6.45) is 1.49. The van der Waals surface area contributed by atoms with Gasteiger partial charge in [-0.25, -0.2) is 9.37 Å². The van der Waals surface area contributed by atoms with Gasteiger partial charge in [-0.15, -0.1) is 0 Å². The van der Waals surface area contributed by atoms with E-state index in [1.165, 1.54) is 24.4 Å². The first-order valence-corrected chi connectivity index (χ1v) is 5.31. The van der Waals surface area contributed by atoms with Crippen LogP contribution in [-0.2, 0) is 0 Å². The molecule has 0 fully saturated rings. The van der Waals surface area contributed by atoms with Gasteiger partial charge in [0.15, 0.2) is 0 Å². The van der Waals surface area contributed by atoms with Gasteiger partial charge in [0.1, 0.15) is 17.4 Å². The van der Waals surface area contributed by atoms with Gasteiger partial charge in [0.2, 0.25) is 5.88 Å². The lowest BCUT2D eigenvalue weighted by molar-refractivity contribution is 0.454. The van der Waals surface area contributed by atoms with Crippen molar-refractivity contribution in [2.24, 2.45) is 5.73 Å². The van der Waals surface area contributed by atoms with Gasteiger partial charge in [0, 0.05) is 23.9 Å². The third-order valence-corrected chi connectivity index (χ3v) is 2.41. The van der Waals surface area contributed by atoms with Crippen molar-refractivity contribution in [3.05, 3.63) is 53.5 Å². The van der Waals surface area contributed by atoms with Crippen LogP contribution in [0.15, 0.2) is 36.5 Å². The molecule has 1 heterocycles. The maximum atomic E-state index is 13.1. The Morgan fingerprint density at radius 1 is 1.33 bits per heavy atom. The lowest BCUT2D eigenvalue weighted by Gasteiger charge is -2.08. The minimum Gasteiger partial charge on any atom is -0.439 e. The molecule has 0 amide bonds. The van der Waals surface area contributed by atoms with Crippen LogP contribution in [0.25, 0.3) is 0 Å². The van der Waals surface area contributed by atoms with Gasteiger partial charge in [-0.2, -0.15) is 0 Å². The molecule has 3 N–H and O–H groups in total. The Morgan fingerprint density at radius 3 is 2.83 bits per heavy atom. The highest BCUT2D eigenvalue weighted by Gasteiger charge is 2.06. The smallest absolute Gasteiger partial charge is 0.219 e. The summed E-state index contributed by atoms with van der Waals surface area (Å²) in [6, 6.07) is 7.42.